The van der Waals surface area contributed by atoms with Crippen LogP contribution in [0.3, 0.4) is 0 Å². The summed E-state index contributed by atoms with van der Waals surface area (Å²) >= 11 is 0. The molecular formula is C11H18O2. The van der Waals surface area contributed by atoms with Gasteiger partial charge in [-0.1, -0.05) is 31.3 Å². The van der Waals surface area contributed by atoms with Crippen molar-refractivity contribution in [1.82, 2.24) is 0 Å². The van der Waals surface area contributed by atoms with Crippen molar-refractivity contribution in [1.29, 1.82) is 0 Å². The number of esters is 1. The molecule has 0 aromatic heterocycles. The summed E-state index contributed by atoms with van der Waals surface area (Å²) in [6.07, 6.45) is 8.04. The molecule has 1 saturated carbocycles. The van der Waals surface area contributed by atoms with E-state index >= 15 is 0 Å². The van der Waals surface area contributed by atoms with Gasteiger partial charge in [0.1, 0.15) is 0 Å². The SMILES string of the molecule is COC(=O)C=C(C)CC1CCCC1. The molecule has 1 rings (SSSR count). The summed E-state index contributed by atoms with van der Waals surface area (Å²) in [4.78, 5) is 10.9. The van der Waals surface area contributed by atoms with Gasteiger partial charge in [0.2, 0.25) is 0 Å². The van der Waals surface area contributed by atoms with E-state index in [2.05, 4.69) is 4.74 Å². The summed E-state index contributed by atoms with van der Waals surface area (Å²) in [6.45, 7) is 2.01. The Balaban J connectivity index is 2.34. The number of rotatable bonds is 3. The number of allylic oxidation sites excluding steroid dienone is 1. The highest BCUT2D eigenvalue weighted by Gasteiger charge is 2.15. The third-order valence-corrected chi connectivity index (χ3v) is 2.65. The van der Waals surface area contributed by atoms with Gasteiger partial charge in [-0.25, -0.2) is 4.79 Å². The highest BCUT2D eigenvalue weighted by atomic mass is 16.5. The van der Waals surface area contributed by atoms with Crippen molar-refractivity contribution in [3.05, 3.63) is 11.6 Å². The van der Waals surface area contributed by atoms with Crippen molar-refractivity contribution in [2.75, 3.05) is 7.11 Å². The highest BCUT2D eigenvalue weighted by molar-refractivity contribution is 5.82. The molecule has 0 atom stereocenters. The zero-order valence-corrected chi connectivity index (χ0v) is 8.51. The normalized spacial score (nSPS) is 19.1. The fourth-order valence-electron chi connectivity index (χ4n) is 1.99. The molecule has 0 bridgehead atoms. The first-order valence-corrected chi connectivity index (χ1v) is 4.97. The van der Waals surface area contributed by atoms with E-state index in [9.17, 15) is 4.79 Å². The van der Waals surface area contributed by atoms with E-state index in [1.54, 1.807) is 6.08 Å². The third kappa shape index (κ3) is 3.62. The van der Waals surface area contributed by atoms with Gasteiger partial charge in [-0.05, 0) is 19.3 Å². The van der Waals surface area contributed by atoms with Crippen LogP contribution in [0.5, 0.6) is 0 Å². The van der Waals surface area contributed by atoms with Gasteiger partial charge in [0.25, 0.3) is 0 Å². The lowest BCUT2D eigenvalue weighted by atomic mass is 9.99. The Morgan fingerprint density at radius 1 is 1.46 bits per heavy atom. The molecule has 1 aliphatic rings. The Labute approximate surface area is 80.0 Å². The number of hydrogen-bond acceptors (Lipinski definition) is 2. The molecule has 0 aromatic rings. The van der Waals surface area contributed by atoms with Gasteiger partial charge < -0.3 is 4.74 Å². The minimum Gasteiger partial charge on any atom is -0.466 e. The molecule has 0 radical (unpaired) electrons. The first kappa shape index (κ1) is 10.3. The summed E-state index contributed by atoms with van der Waals surface area (Å²) in [7, 11) is 1.42. The summed E-state index contributed by atoms with van der Waals surface area (Å²) in [5.74, 6) is 0.580. The Morgan fingerprint density at radius 3 is 2.62 bits per heavy atom. The average Bonchev–Trinajstić information content (AvgIpc) is 2.56. The van der Waals surface area contributed by atoms with Crippen LogP contribution in [0, 0.1) is 5.92 Å². The van der Waals surface area contributed by atoms with Crippen molar-refractivity contribution in [2.45, 2.75) is 39.0 Å². The van der Waals surface area contributed by atoms with E-state index in [4.69, 9.17) is 0 Å². The van der Waals surface area contributed by atoms with Crippen LogP contribution in [0.2, 0.25) is 0 Å². The predicted molar refractivity (Wildman–Crippen MR) is 52.3 cm³/mol. The number of hydrogen-bond donors (Lipinski definition) is 0. The van der Waals surface area contributed by atoms with Crippen LogP contribution in [0.4, 0.5) is 0 Å². The molecular weight excluding hydrogens is 164 g/mol. The van der Waals surface area contributed by atoms with Gasteiger partial charge in [-0.3, -0.25) is 0 Å². The maximum absolute atomic E-state index is 10.9. The smallest absolute Gasteiger partial charge is 0.330 e. The summed E-state index contributed by atoms with van der Waals surface area (Å²) in [5, 5.41) is 0. The topological polar surface area (TPSA) is 26.3 Å². The van der Waals surface area contributed by atoms with E-state index in [0.717, 1.165) is 17.9 Å². The molecule has 0 aliphatic heterocycles. The van der Waals surface area contributed by atoms with E-state index in [1.165, 1.54) is 32.8 Å². The number of methoxy groups -OCH3 is 1. The molecule has 1 fully saturated rings. The van der Waals surface area contributed by atoms with Gasteiger partial charge >= 0.3 is 5.97 Å². The van der Waals surface area contributed by atoms with Gasteiger partial charge in [0.05, 0.1) is 7.11 Å². The van der Waals surface area contributed by atoms with Crippen molar-refractivity contribution in [2.24, 2.45) is 5.92 Å². The lowest BCUT2D eigenvalue weighted by molar-refractivity contribution is -0.134. The molecule has 2 heteroatoms. The Hall–Kier alpha value is -0.790. The highest BCUT2D eigenvalue weighted by Crippen LogP contribution is 2.29. The molecule has 0 saturated heterocycles. The number of carbonyl (C=O) groups is 1. The fraction of sp³-hybridized carbons (Fsp3) is 0.727. The van der Waals surface area contributed by atoms with E-state index in [0.29, 0.717) is 0 Å². The van der Waals surface area contributed by atoms with Crippen LogP contribution in [-0.4, -0.2) is 13.1 Å². The Kier molecular flexibility index (Phi) is 4.00. The zero-order chi connectivity index (χ0) is 9.68. The predicted octanol–water partition coefficient (Wildman–Crippen LogP) is 2.69. The Bertz CT molecular complexity index is 200. The molecule has 0 aromatic carbocycles. The van der Waals surface area contributed by atoms with E-state index < -0.39 is 0 Å². The van der Waals surface area contributed by atoms with Gasteiger partial charge in [0.15, 0.2) is 0 Å². The van der Waals surface area contributed by atoms with Gasteiger partial charge in [0, 0.05) is 6.08 Å². The van der Waals surface area contributed by atoms with E-state index in [-0.39, 0.29) is 5.97 Å². The monoisotopic (exact) mass is 182 g/mol. The Morgan fingerprint density at radius 2 is 2.08 bits per heavy atom. The van der Waals surface area contributed by atoms with Crippen molar-refractivity contribution in [3.8, 4) is 0 Å². The molecule has 0 heterocycles. The maximum Gasteiger partial charge on any atom is 0.330 e. The van der Waals surface area contributed by atoms with Gasteiger partial charge in [-0.15, -0.1) is 0 Å². The van der Waals surface area contributed by atoms with Crippen LogP contribution in [0.1, 0.15) is 39.0 Å². The lowest BCUT2D eigenvalue weighted by Crippen LogP contribution is -1.99. The molecule has 0 N–H and O–H groups in total. The second kappa shape index (κ2) is 5.05. The molecule has 0 amide bonds. The van der Waals surface area contributed by atoms with Crippen molar-refractivity contribution >= 4 is 5.97 Å². The fourth-order valence-corrected chi connectivity index (χ4v) is 1.99. The van der Waals surface area contributed by atoms with E-state index in [1.807, 2.05) is 6.92 Å². The molecule has 1 aliphatic carbocycles. The quantitative estimate of drug-likeness (QED) is 0.495. The standard InChI is InChI=1S/C11H18O2/c1-9(8-11(12)13-2)7-10-5-3-4-6-10/h8,10H,3-7H2,1-2H3. The van der Waals surface area contributed by atoms with Gasteiger partial charge in [-0.2, -0.15) is 0 Å². The summed E-state index contributed by atoms with van der Waals surface area (Å²) in [6, 6.07) is 0. The van der Waals surface area contributed by atoms with Crippen LogP contribution < -0.4 is 0 Å². The molecule has 0 unspecified atom stereocenters. The first-order chi connectivity index (χ1) is 6.22. The maximum atomic E-state index is 10.9. The van der Waals surface area contributed by atoms with Crippen molar-refractivity contribution < 1.29 is 9.53 Å². The van der Waals surface area contributed by atoms with Crippen LogP contribution in [-0.2, 0) is 9.53 Å². The van der Waals surface area contributed by atoms with Crippen LogP contribution >= 0.6 is 0 Å². The third-order valence-electron chi connectivity index (χ3n) is 2.65. The minimum absolute atomic E-state index is 0.226. The second-order valence-electron chi connectivity index (χ2n) is 3.87. The minimum atomic E-state index is -0.226. The zero-order valence-electron chi connectivity index (χ0n) is 8.51. The molecule has 2 nitrogen and oxygen atoms in total. The second-order valence-corrected chi connectivity index (χ2v) is 3.87. The largest absolute Gasteiger partial charge is 0.466 e. The van der Waals surface area contributed by atoms with Crippen LogP contribution in [0.15, 0.2) is 11.6 Å². The summed E-state index contributed by atoms with van der Waals surface area (Å²) in [5.41, 5.74) is 1.15. The number of ether oxygens (including phenoxy) is 1. The summed E-state index contributed by atoms with van der Waals surface area (Å²) < 4.78 is 4.57. The molecule has 74 valence electrons. The molecule has 13 heavy (non-hydrogen) atoms. The average molecular weight is 182 g/mol. The van der Waals surface area contributed by atoms with Crippen LogP contribution in [0.25, 0.3) is 0 Å². The number of carbonyl (C=O) groups excluding carboxylic acids is 1. The molecule has 0 spiro atoms. The van der Waals surface area contributed by atoms with Crippen molar-refractivity contribution in [3.63, 3.8) is 0 Å². The first-order valence-electron chi connectivity index (χ1n) is 4.97. The lowest BCUT2D eigenvalue weighted by Gasteiger charge is -2.07.